The number of esters is 2. The number of quaternary nitrogens is 1. The Kier molecular flexibility index (Phi) is 38.8. The summed E-state index contributed by atoms with van der Waals surface area (Å²) in [6.45, 7) is 3.86. The van der Waals surface area contributed by atoms with Crippen molar-refractivity contribution in [2.24, 2.45) is 0 Å². The van der Waals surface area contributed by atoms with Crippen molar-refractivity contribution in [2.45, 2.75) is 161 Å². The van der Waals surface area contributed by atoms with E-state index < -0.39 is 38.6 Å². The van der Waals surface area contributed by atoms with Gasteiger partial charge in [-0.05, 0) is 77.0 Å². The molecular formula is C50H84NO9P. The predicted molar refractivity (Wildman–Crippen MR) is 251 cm³/mol. The smallest absolute Gasteiger partial charge is 0.306 e. The standard InChI is InChI=1S/C50H84NO9P/c1-6-8-10-12-14-16-18-20-21-22-23-24-25-27-29-31-33-35-37-41-50(54)60-48(46-59-61(55,56)58-44-43-51(3,4)5)45-57-49(53)42-38-40-47(52)39-36-34-32-30-28-26-19-17-15-13-11-9-7-2/h14,16,20-21,23-24,26-29,32-36,39,47-48,52H,6-13,15,17-19,22,25,30-31,37-38,40-46H2,1-5H3/b16-14-,21-20-,24-23-,28-26+,29-27-,34-32+,35-33-,39-36+/t47?,48-/m1/s1. The molecule has 0 saturated heterocycles. The Hall–Kier alpha value is -3.11. The van der Waals surface area contributed by atoms with Gasteiger partial charge in [-0.3, -0.25) is 14.2 Å². The molecule has 0 rings (SSSR count). The maximum absolute atomic E-state index is 12.7. The monoisotopic (exact) mass is 874 g/mol. The number of aliphatic hydroxyl groups is 1. The van der Waals surface area contributed by atoms with Crippen LogP contribution in [0.4, 0.5) is 0 Å². The molecule has 0 bridgehead atoms. The van der Waals surface area contributed by atoms with Crippen LogP contribution >= 0.6 is 7.82 Å². The second kappa shape index (κ2) is 40.9. The minimum absolute atomic E-state index is 0.0319. The van der Waals surface area contributed by atoms with Crippen LogP contribution in [-0.4, -0.2) is 81.2 Å². The van der Waals surface area contributed by atoms with E-state index in [4.69, 9.17) is 18.5 Å². The fraction of sp³-hybridized carbons (Fsp3) is 0.640. The molecule has 0 aromatic carbocycles. The molecular weight excluding hydrogens is 790 g/mol. The van der Waals surface area contributed by atoms with Gasteiger partial charge in [-0.1, -0.05) is 156 Å². The van der Waals surface area contributed by atoms with Crippen molar-refractivity contribution >= 4 is 19.8 Å². The van der Waals surface area contributed by atoms with E-state index in [9.17, 15) is 24.2 Å². The third-order valence-corrected chi connectivity index (χ3v) is 10.2. The Morgan fingerprint density at radius 3 is 1.70 bits per heavy atom. The van der Waals surface area contributed by atoms with E-state index in [0.29, 0.717) is 30.3 Å². The van der Waals surface area contributed by atoms with Crippen molar-refractivity contribution in [1.29, 1.82) is 0 Å². The molecule has 61 heavy (non-hydrogen) atoms. The van der Waals surface area contributed by atoms with Gasteiger partial charge in [-0.25, -0.2) is 0 Å². The topological polar surface area (TPSA) is 131 Å². The number of carbonyl (C=O) groups excluding carboxylic acids is 2. The van der Waals surface area contributed by atoms with Crippen LogP contribution in [0.25, 0.3) is 0 Å². The largest absolute Gasteiger partial charge is 0.756 e. The number of ether oxygens (including phenoxy) is 2. The molecule has 0 radical (unpaired) electrons. The maximum atomic E-state index is 12.7. The van der Waals surface area contributed by atoms with Crippen molar-refractivity contribution in [3.8, 4) is 0 Å². The van der Waals surface area contributed by atoms with Crippen molar-refractivity contribution in [3.05, 3.63) is 97.2 Å². The molecule has 0 aliphatic heterocycles. The van der Waals surface area contributed by atoms with Gasteiger partial charge in [0.25, 0.3) is 7.82 Å². The van der Waals surface area contributed by atoms with Gasteiger partial charge >= 0.3 is 11.9 Å². The quantitative estimate of drug-likeness (QED) is 0.0160. The van der Waals surface area contributed by atoms with Gasteiger partial charge in [-0.15, -0.1) is 0 Å². The first kappa shape index (κ1) is 57.9. The molecule has 0 aliphatic carbocycles. The van der Waals surface area contributed by atoms with Crippen molar-refractivity contribution in [2.75, 3.05) is 47.5 Å². The van der Waals surface area contributed by atoms with Crippen LogP contribution in [0.5, 0.6) is 0 Å². The minimum atomic E-state index is -4.70. The highest BCUT2D eigenvalue weighted by atomic mass is 31.2. The normalized spacial score (nSPS) is 14.9. The number of phosphoric acid groups is 1. The van der Waals surface area contributed by atoms with Crippen LogP contribution in [-0.2, 0) is 32.7 Å². The molecule has 1 N–H and O–H groups in total. The van der Waals surface area contributed by atoms with Gasteiger partial charge < -0.3 is 33.0 Å². The second-order valence-electron chi connectivity index (χ2n) is 16.3. The number of phosphoric ester groups is 1. The van der Waals surface area contributed by atoms with Crippen molar-refractivity contribution in [1.82, 2.24) is 0 Å². The third-order valence-electron chi connectivity index (χ3n) is 9.19. The lowest BCUT2D eigenvalue weighted by atomic mass is 10.1. The summed E-state index contributed by atoms with van der Waals surface area (Å²) in [7, 11) is 1.01. The van der Waals surface area contributed by atoms with E-state index in [-0.39, 0.29) is 26.1 Å². The van der Waals surface area contributed by atoms with Crippen LogP contribution in [0.2, 0.25) is 0 Å². The zero-order valence-corrected chi connectivity index (χ0v) is 39.6. The number of allylic oxidation sites excluding steroid dienone is 15. The summed E-state index contributed by atoms with van der Waals surface area (Å²) in [4.78, 5) is 37.6. The lowest BCUT2D eigenvalue weighted by molar-refractivity contribution is -0.870. The number of unbranched alkanes of at least 4 members (excludes halogenated alkanes) is 9. The molecule has 0 saturated carbocycles. The van der Waals surface area contributed by atoms with Gasteiger partial charge in [0.1, 0.15) is 19.8 Å². The maximum Gasteiger partial charge on any atom is 0.306 e. The van der Waals surface area contributed by atoms with Gasteiger partial charge in [0.2, 0.25) is 0 Å². The van der Waals surface area contributed by atoms with Gasteiger partial charge in [-0.2, -0.15) is 0 Å². The molecule has 3 atom stereocenters. The number of aliphatic hydroxyl groups excluding tert-OH is 1. The van der Waals surface area contributed by atoms with Crippen molar-refractivity contribution in [3.63, 3.8) is 0 Å². The molecule has 0 heterocycles. The van der Waals surface area contributed by atoms with Crippen LogP contribution in [0, 0.1) is 0 Å². The fourth-order valence-corrected chi connectivity index (χ4v) is 6.26. The Morgan fingerprint density at radius 2 is 1.11 bits per heavy atom. The van der Waals surface area contributed by atoms with E-state index in [1.165, 1.54) is 64.2 Å². The minimum Gasteiger partial charge on any atom is -0.756 e. The number of hydrogen-bond acceptors (Lipinski definition) is 9. The van der Waals surface area contributed by atoms with Gasteiger partial charge in [0.05, 0.1) is 33.9 Å². The fourth-order valence-electron chi connectivity index (χ4n) is 5.53. The molecule has 11 heteroatoms. The first-order valence-electron chi connectivity index (χ1n) is 23.1. The van der Waals surface area contributed by atoms with Crippen LogP contribution in [0.15, 0.2) is 97.2 Å². The highest BCUT2D eigenvalue weighted by Crippen LogP contribution is 2.38. The van der Waals surface area contributed by atoms with Gasteiger partial charge in [0.15, 0.2) is 6.10 Å². The first-order valence-corrected chi connectivity index (χ1v) is 24.5. The summed E-state index contributed by atoms with van der Waals surface area (Å²) >= 11 is 0. The average molecular weight is 874 g/mol. The molecule has 0 spiro atoms. The molecule has 0 aromatic heterocycles. The number of hydrogen-bond donors (Lipinski definition) is 1. The molecule has 0 aliphatic rings. The summed E-state index contributed by atoms with van der Waals surface area (Å²) in [6.07, 6.45) is 50.6. The molecule has 0 aromatic rings. The molecule has 0 fully saturated rings. The Morgan fingerprint density at radius 1 is 0.607 bits per heavy atom. The summed E-state index contributed by atoms with van der Waals surface area (Å²) in [5, 5.41) is 10.3. The van der Waals surface area contributed by atoms with Crippen LogP contribution < -0.4 is 4.89 Å². The van der Waals surface area contributed by atoms with E-state index in [1.54, 1.807) is 12.2 Å². The predicted octanol–water partition coefficient (Wildman–Crippen LogP) is 11.7. The second-order valence-corrected chi connectivity index (χ2v) is 17.7. The number of likely N-dealkylation sites (N-methyl/N-ethyl adjacent to an activating group) is 1. The number of rotatable bonds is 40. The summed E-state index contributed by atoms with van der Waals surface area (Å²) in [5.41, 5.74) is 0. The molecule has 0 amide bonds. The van der Waals surface area contributed by atoms with Crippen LogP contribution in [0.3, 0.4) is 0 Å². The molecule has 348 valence electrons. The van der Waals surface area contributed by atoms with E-state index >= 15 is 0 Å². The van der Waals surface area contributed by atoms with Crippen LogP contribution in [0.1, 0.15) is 149 Å². The van der Waals surface area contributed by atoms with E-state index in [0.717, 1.165) is 38.5 Å². The Labute approximate surface area is 371 Å². The SMILES string of the molecule is CCCCC/C=C\C/C=C\C/C=C\C/C=C\C/C=C\CCC(=O)O[C@H](COC(=O)CCCC(O)/C=C/C=C/C/C=C/CCCCCCCC)COP(=O)([O-])OCC[N+](C)(C)C. The lowest BCUT2D eigenvalue weighted by Crippen LogP contribution is -2.37. The highest BCUT2D eigenvalue weighted by Gasteiger charge is 2.21. The molecule has 2 unspecified atom stereocenters. The van der Waals surface area contributed by atoms with Crippen molar-refractivity contribution < 1.29 is 47.2 Å². The van der Waals surface area contributed by atoms with E-state index in [1.807, 2.05) is 45.4 Å². The first-order chi connectivity index (χ1) is 29.4. The lowest BCUT2D eigenvalue weighted by Gasteiger charge is -2.28. The zero-order chi connectivity index (χ0) is 45.1. The number of carbonyl (C=O) groups is 2. The third kappa shape index (κ3) is 44.7. The highest BCUT2D eigenvalue weighted by molar-refractivity contribution is 7.45. The zero-order valence-electron chi connectivity index (χ0n) is 38.7. The summed E-state index contributed by atoms with van der Waals surface area (Å²) in [6, 6.07) is 0. The van der Waals surface area contributed by atoms with E-state index in [2.05, 4.69) is 74.6 Å². The Bertz CT molecular complexity index is 1370. The molecule has 10 nitrogen and oxygen atoms in total. The number of nitrogens with zero attached hydrogens (tertiary/aromatic N) is 1. The van der Waals surface area contributed by atoms with Gasteiger partial charge in [0, 0.05) is 12.8 Å². The summed E-state index contributed by atoms with van der Waals surface area (Å²) < 4.78 is 33.7. The Balaban J connectivity index is 4.66. The summed E-state index contributed by atoms with van der Waals surface area (Å²) in [5.74, 6) is -1.14. The average Bonchev–Trinajstić information content (AvgIpc) is 3.21.